The van der Waals surface area contributed by atoms with Crippen molar-refractivity contribution in [3.63, 3.8) is 0 Å². The Bertz CT molecular complexity index is 1070. The smallest absolute Gasteiger partial charge is 0.416 e. The van der Waals surface area contributed by atoms with E-state index in [1.54, 1.807) is 0 Å². The number of hydrogen-bond acceptors (Lipinski definition) is 6. The van der Waals surface area contributed by atoms with Gasteiger partial charge in [-0.25, -0.2) is 0 Å². The predicted octanol–water partition coefficient (Wildman–Crippen LogP) is 5.20. The lowest BCUT2D eigenvalue weighted by Gasteiger charge is -2.11. The number of nitro benzene ring substituents is 1. The van der Waals surface area contributed by atoms with E-state index in [4.69, 9.17) is 21.7 Å². The first-order valence-corrected chi connectivity index (χ1v) is 8.86. The number of hydrogen-bond donors (Lipinski definition) is 2. The summed E-state index contributed by atoms with van der Waals surface area (Å²) in [4.78, 5) is 22.1. The SMILES string of the molecule is N=C1NC(=O)/C(=C\c2ccc(Oc3ccc(C(F)(F)F)cc3[N+](=O)[O-])c(Cl)c2)S1. The number of carbonyl (C=O) groups excluding carboxylic acids is 1. The van der Waals surface area contributed by atoms with E-state index in [2.05, 4.69) is 5.32 Å². The van der Waals surface area contributed by atoms with Crippen LogP contribution in [-0.2, 0) is 11.0 Å². The summed E-state index contributed by atoms with van der Waals surface area (Å²) >= 11 is 7.04. The van der Waals surface area contributed by atoms with Crippen molar-refractivity contribution in [3.8, 4) is 11.5 Å². The highest BCUT2D eigenvalue weighted by Crippen LogP contribution is 2.39. The Morgan fingerprint density at radius 1 is 1.21 bits per heavy atom. The maximum atomic E-state index is 12.8. The van der Waals surface area contributed by atoms with Crippen molar-refractivity contribution in [2.24, 2.45) is 0 Å². The summed E-state index contributed by atoms with van der Waals surface area (Å²) in [6, 6.07) is 6.17. The minimum Gasteiger partial charge on any atom is -0.449 e. The van der Waals surface area contributed by atoms with Crippen LogP contribution in [0.3, 0.4) is 0 Å². The third-order valence-corrected chi connectivity index (χ3v) is 4.74. The molecule has 1 aliphatic heterocycles. The van der Waals surface area contributed by atoms with Gasteiger partial charge in [0.05, 0.1) is 20.4 Å². The molecule has 0 aromatic heterocycles. The Morgan fingerprint density at radius 2 is 1.90 bits per heavy atom. The van der Waals surface area contributed by atoms with Gasteiger partial charge < -0.3 is 10.1 Å². The molecule has 0 saturated carbocycles. The van der Waals surface area contributed by atoms with Crippen LogP contribution >= 0.6 is 23.4 Å². The van der Waals surface area contributed by atoms with Crippen LogP contribution in [0.1, 0.15) is 11.1 Å². The van der Waals surface area contributed by atoms with E-state index in [1.165, 1.54) is 24.3 Å². The molecule has 1 aliphatic rings. The second-order valence-electron chi connectivity index (χ2n) is 5.62. The molecule has 0 unspecified atom stereocenters. The van der Waals surface area contributed by atoms with Crippen molar-refractivity contribution >= 4 is 46.2 Å². The molecule has 0 spiro atoms. The van der Waals surface area contributed by atoms with Crippen molar-refractivity contribution < 1.29 is 27.6 Å². The van der Waals surface area contributed by atoms with E-state index in [0.717, 1.165) is 17.8 Å². The van der Waals surface area contributed by atoms with Crippen LogP contribution in [0, 0.1) is 15.5 Å². The van der Waals surface area contributed by atoms with E-state index >= 15 is 0 Å². The monoisotopic (exact) mass is 443 g/mol. The molecule has 0 atom stereocenters. The predicted molar refractivity (Wildman–Crippen MR) is 101 cm³/mol. The lowest BCUT2D eigenvalue weighted by atomic mass is 10.1. The third kappa shape index (κ3) is 4.69. The second kappa shape index (κ2) is 7.76. The molecule has 7 nitrogen and oxygen atoms in total. The highest BCUT2D eigenvalue weighted by atomic mass is 35.5. The van der Waals surface area contributed by atoms with Gasteiger partial charge in [-0.05, 0) is 47.7 Å². The van der Waals surface area contributed by atoms with Gasteiger partial charge in [0.25, 0.3) is 5.91 Å². The first-order valence-electron chi connectivity index (χ1n) is 7.67. The number of benzene rings is 2. The molecule has 0 aliphatic carbocycles. The molecule has 2 aromatic carbocycles. The van der Waals surface area contributed by atoms with Gasteiger partial charge in [-0.3, -0.25) is 20.3 Å². The van der Waals surface area contributed by atoms with Crippen LogP contribution in [0.4, 0.5) is 18.9 Å². The number of amidine groups is 1. The van der Waals surface area contributed by atoms with Crippen LogP contribution in [0.2, 0.25) is 5.02 Å². The Hall–Kier alpha value is -3.05. The number of amides is 1. The molecular weight excluding hydrogens is 435 g/mol. The van der Waals surface area contributed by atoms with Crippen LogP contribution in [0.5, 0.6) is 11.5 Å². The lowest BCUT2D eigenvalue weighted by molar-refractivity contribution is -0.385. The van der Waals surface area contributed by atoms with Gasteiger partial charge in [0.2, 0.25) is 5.75 Å². The maximum Gasteiger partial charge on any atom is 0.416 e. The molecule has 0 bridgehead atoms. The molecule has 150 valence electrons. The fraction of sp³-hybridized carbons (Fsp3) is 0.0588. The minimum absolute atomic E-state index is 0.0121. The molecule has 0 radical (unpaired) electrons. The molecular formula is C17H9ClF3N3O4S. The van der Waals surface area contributed by atoms with Gasteiger partial charge in [0, 0.05) is 6.07 Å². The van der Waals surface area contributed by atoms with Gasteiger partial charge in [0.1, 0.15) is 5.75 Å². The normalized spacial score (nSPS) is 15.5. The Balaban J connectivity index is 1.89. The molecule has 12 heteroatoms. The van der Waals surface area contributed by atoms with Crippen molar-refractivity contribution in [2.45, 2.75) is 6.18 Å². The highest BCUT2D eigenvalue weighted by Gasteiger charge is 2.33. The summed E-state index contributed by atoms with van der Waals surface area (Å²) < 4.78 is 43.7. The number of nitrogens with zero attached hydrogens (tertiary/aromatic N) is 1. The number of alkyl halides is 3. The number of nitro groups is 1. The largest absolute Gasteiger partial charge is 0.449 e. The Morgan fingerprint density at radius 3 is 2.45 bits per heavy atom. The fourth-order valence-corrected chi connectivity index (χ4v) is 3.25. The van der Waals surface area contributed by atoms with Crippen LogP contribution < -0.4 is 10.1 Å². The number of halogens is 4. The van der Waals surface area contributed by atoms with Gasteiger partial charge in [-0.1, -0.05) is 17.7 Å². The van der Waals surface area contributed by atoms with Crippen LogP contribution in [0.25, 0.3) is 6.08 Å². The molecule has 1 saturated heterocycles. The molecule has 1 heterocycles. The van der Waals surface area contributed by atoms with E-state index in [0.29, 0.717) is 17.7 Å². The van der Waals surface area contributed by atoms with Gasteiger partial charge in [-0.2, -0.15) is 13.2 Å². The lowest BCUT2D eigenvalue weighted by Crippen LogP contribution is -2.18. The van der Waals surface area contributed by atoms with Gasteiger partial charge >= 0.3 is 11.9 Å². The van der Waals surface area contributed by atoms with Gasteiger partial charge in [0.15, 0.2) is 5.17 Å². The average Bonchev–Trinajstić information content (AvgIpc) is 2.93. The zero-order valence-corrected chi connectivity index (χ0v) is 15.6. The first kappa shape index (κ1) is 20.7. The zero-order chi connectivity index (χ0) is 21.3. The summed E-state index contributed by atoms with van der Waals surface area (Å²) in [7, 11) is 0. The standard InChI is InChI=1S/C17H9ClF3N3O4S/c18-10-5-8(6-14-15(25)23-16(22)29-14)1-3-12(10)28-13-4-2-9(17(19,20)21)7-11(13)24(26)27/h1-7H,(H2,22,23,25)/b14-6+. The number of nitrogens with one attached hydrogen (secondary N) is 2. The summed E-state index contributed by atoms with van der Waals surface area (Å²) in [6.45, 7) is 0. The summed E-state index contributed by atoms with van der Waals surface area (Å²) in [6.07, 6.45) is -3.26. The topological polar surface area (TPSA) is 105 Å². The van der Waals surface area contributed by atoms with Crippen LogP contribution in [-0.4, -0.2) is 16.0 Å². The summed E-state index contributed by atoms with van der Waals surface area (Å²) in [5.41, 5.74) is -1.54. The third-order valence-electron chi connectivity index (χ3n) is 3.62. The first-order chi connectivity index (χ1) is 13.5. The van der Waals surface area contributed by atoms with E-state index in [-0.39, 0.29) is 20.8 Å². The van der Waals surface area contributed by atoms with E-state index in [9.17, 15) is 28.1 Å². The Kier molecular flexibility index (Phi) is 5.53. The van der Waals surface area contributed by atoms with Crippen LogP contribution in [0.15, 0.2) is 41.3 Å². The van der Waals surface area contributed by atoms with Crippen molar-refractivity contribution in [1.29, 1.82) is 5.41 Å². The molecule has 1 amide bonds. The number of rotatable bonds is 4. The molecule has 1 fully saturated rings. The molecule has 2 N–H and O–H groups in total. The van der Waals surface area contributed by atoms with Crippen molar-refractivity contribution in [3.05, 3.63) is 67.6 Å². The maximum absolute atomic E-state index is 12.8. The fourth-order valence-electron chi connectivity index (χ4n) is 2.32. The van der Waals surface area contributed by atoms with Crippen molar-refractivity contribution in [2.75, 3.05) is 0 Å². The molecule has 3 rings (SSSR count). The number of ether oxygens (including phenoxy) is 1. The van der Waals surface area contributed by atoms with E-state index in [1.807, 2.05) is 0 Å². The second-order valence-corrected chi connectivity index (χ2v) is 7.08. The quantitative estimate of drug-likeness (QED) is 0.384. The number of thioether (sulfide) groups is 1. The average molecular weight is 444 g/mol. The minimum atomic E-state index is -4.74. The van der Waals surface area contributed by atoms with Gasteiger partial charge in [-0.15, -0.1) is 0 Å². The van der Waals surface area contributed by atoms with E-state index < -0.39 is 34.0 Å². The molecule has 2 aromatic rings. The summed E-state index contributed by atoms with van der Waals surface area (Å²) in [5.74, 6) is -0.861. The summed E-state index contributed by atoms with van der Waals surface area (Å²) in [5, 5.41) is 20.9. The molecule has 29 heavy (non-hydrogen) atoms. The number of carbonyl (C=O) groups is 1. The van der Waals surface area contributed by atoms with Crippen molar-refractivity contribution in [1.82, 2.24) is 5.32 Å². The zero-order valence-electron chi connectivity index (χ0n) is 14.0. The highest BCUT2D eigenvalue weighted by molar-refractivity contribution is 8.18. The Labute approximate surface area is 170 Å².